The normalized spacial score (nSPS) is 20.5. The number of rotatable bonds is 7. The van der Waals surface area contributed by atoms with Crippen molar-refractivity contribution in [2.75, 3.05) is 6.61 Å². The number of nitrogens with zero attached hydrogens (tertiary/aromatic N) is 1. The van der Waals surface area contributed by atoms with Gasteiger partial charge in [-0.3, -0.25) is 23.7 Å². The summed E-state index contributed by atoms with van der Waals surface area (Å²) >= 11 is 0. The van der Waals surface area contributed by atoms with Crippen molar-refractivity contribution in [2.24, 2.45) is 0 Å². The van der Waals surface area contributed by atoms with Gasteiger partial charge in [0.25, 0.3) is 5.56 Å². The summed E-state index contributed by atoms with van der Waals surface area (Å²) in [6.45, 7) is 3.24. The molecule has 0 unspecified atom stereocenters. The first-order valence-electron chi connectivity index (χ1n) is 11.9. The molecule has 0 spiro atoms. The predicted octanol–water partition coefficient (Wildman–Crippen LogP) is 3.21. The fourth-order valence-electron chi connectivity index (χ4n) is 4.39. The molecule has 1 saturated heterocycles. The van der Waals surface area contributed by atoms with Crippen molar-refractivity contribution in [1.82, 2.24) is 4.57 Å². The Morgan fingerprint density at radius 2 is 1.39 bits per heavy atom. The van der Waals surface area contributed by atoms with Gasteiger partial charge in [0.2, 0.25) is 0 Å². The number of aromatic nitrogens is 1. The van der Waals surface area contributed by atoms with Gasteiger partial charge in [0.15, 0.2) is 18.4 Å². The van der Waals surface area contributed by atoms with Crippen LogP contribution in [0.4, 0.5) is 0 Å². The summed E-state index contributed by atoms with van der Waals surface area (Å²) in [7, 11) is 0. The van der Waals surface area contributed by atoms with Crippen LogP contribution < -0.4 is 5.56 Å². The zero-order chi connectivity index (χ0) is 27.4. The van der Waals surface area contributed by atoms with E-state index in [0.717, 1.165) is 15.7 Å². The van der Waals surface area contributed by atoms with Crippen LogP contribution in [0.15, 0.2) is 71.7 Å². The number of hydrogen-bond donors (Lipinski definition) is 1. The highest BCUT2D eigenvalue weighted by Crippen LogP contribution is 2.35. The summed E-state index contributed by atoms with van der Waals surface area (Å²) in [5.41, 5.74) is 1.75. The van der Waals surface area contributed by atoms with Gasteiger partial charge >= 0.3 is 17.9 Å². The molecule has 3 aromatic rings. The molecule has 0 radical (unpaired) electrons. The molecule has 198 valence electrons. The molecule has 4 atom stereocenters. The fraction of sp³-hybridized carbons (Fsp3) is 0.286. The molecule has 1 aliphatic rings. The van der Waals surface area contributed by atoms with Crippen LogP contribution in [0.2, 0.25) is 0 Å². The monoisotopic (exact) mass is 521 g/mol. The second-order valence-corrected chi connectivity index (χ2v) is 8.75. The molecule has 1 fully saturated rings. The van der Waals surface area contributed by atoms with Gasteiger partial charge in [-0.25, -0.2) is 0 Å². The molecule has 1 aliphatic heterocycles. The van der Waals surface area contributed by atoms with Crippen molar-refractivity contribution in [3.05, 3.63) is 77.2 Å². The Labute approximate surface area is 218 Å². The highest BCUT2D eigenvalue weighted by Gasteiger charge is 2.51. The minimum absolute atomic E-state index is 0.00441. The molecule has 2 aromatic carbocycles. The quantitative estimate of drug-likeness (QED) is 0.368. The number of carbonyl (C=O) groups is 3. The second-order valence-electron chi connectivity index (χ2n) is 8.75. The van der Waals surface area contributed by atoms with E-state index < -0.39 is 48.0 Å². The van der Waals surface area contributed by atoms with Crippen molar-refractivity contribution in [3.63, 3.8) is 0 Å². The molecule has 10 heteroatoms. The van der Waals surface area contributed by atoms with Crippen LogP contribution in [0.5, 0.6) is 5.75 Å². The number of aromatic hydroxyl groups is 1. The maximum absolute atomic E-state index is 13.7. The maximum atomic E-state index is 13.7. The van der Waals surface area contributed by atoms with Gasteiger partial charge in [0, 0.05) is 27.0 Å². The van der Waals surface area contributed by atoms with Crippen molar-refractivity contribution < 1.29 is 38.4 Å². The summed E-state index contributed by atoms with van der Waals surface area (Å²) in [5.74, 6) is -2.22. The van der Waals surface area contributed by atoms with Gasteiger partial charge in [-0.1, -0.05) is 54.6 Å². The van der Waals surface area contributed by atoms with E-state index in [1.54, 1.807) is 12.1 Å². The van der Waals surface area contributed by atoms with E-state index in [0.29, 0.717) is 5.56 Å². The molecule has 1 N–H and O–H groups in total. The second kappa shape index (κ2) is 11.3. The van der Waals surface area contributed by atoms with Crippen molar-refractivity contribution in [1.29, 1.82) is 0 Å². The van der Waals surface area contributed by atoms with Gasteiger partial charge in [-0.05, 0) is 22.8 Å². The topological polar surface area (TPSA) is 130 Å². The first-order chi connectivity index (χ1) is 18.2. The summed E-state index contributed by atoms with van der Waals surface area (Å²) in [4.78, 5) is 48.8. The van der Waals surface area contributed by atoms with Crippen LogP contribution in [0, 0.1) is 0 Å². The van der Waals surface area contributed by atoms with E-state index in [4.69, 9.17) is 18.9 Å². The van der Waals surface area contributed by atoms with Crippen LogP contribution >= 0.6 is 0 Å². The van der Waals surface area contributed by atoms with Gasteiger partial charge in [0.05, 0.1) is 5.56 Å². The van der Waals surface area contributed by atoms with Gasteiger partial charge in [-0.2, -0.15) is 0 Å². The van der Waals surface area contributed by atoms with E-state index in [1.165, 1.54) is 33.0 Å². The lowest BCUT2D eigenvalue weighted by atomic mass is 10.0. The summed E-state index contributed by atoms with van der Waals surface area (Å²) in [5, 5.41) is 10.6. The van der Waals surface area contributed by atoms with Crippen LogP contribution in [-0.4, -0.2) is 52.5 Å². The first kappa shape index (κ1) is 26.6. The molecule has 0 aliphatic carbocycles. The number of ether oxygens (including phenoxy) is 4. The van der Waals surface area contributed by atoms with E-state index in [2.05, 4.69) is 0 Å². The Kier molecular flexibility index (Phi) is 7.92. The number of esters is 3. The maximum Gasteiger partial charge on any atom is 0.303 e. The SMILES string of the molecule is CC(=O)OC[C@H]1O[C@@H](n2ccc(O)c(-c3ccc(-c4ccccc4)cc3)c2=O)[C@H](OC(C)=O)[C@@H]1OC(C)=O. The Hall–Kier alpha value is -4.44. The third-order valence-electron chi connectivity index (χ3n) is 5.99. The van der Waals surface area contributed by atoms with E-state index in [-0.39, 0.29) is 17.9 Å². The Morgan fingerprint density at radius 1 is 0.816 bits per heavy atom. The highest BCUT2D eigenvalue weighted by molar-refractivity contribution is 5.73. The third-order valence-corrected chi connectivity index (χ3v) is 5.99. The largest absolute Gasteiger partial charge is 0.507 e. The van der Waals surface area contributed by atoms with Crippen molar-refractivity contribution >= 4 is 17.9 Å². The van der Waals surface area contributed by atoms with Crippen molar-refractivity contribution in [3.8, 4) is 28.0 Å². The zero-order valence-corrected chi connectivity index (χ0v) is 21.0. The zero-order valence-electron chi connectivity index (χ0n) is 21.0. The lowest BCUT2D eigenvalue weighted by Gasteiger charge is -2.24. The number of pyridine rings is 1. The standard InChI is InChI=1S/C28H27NO9/c1-16(30)35-15-23-25(36-17(2)31)26(37-18(3)32)28(38-23)29-14-13-22(33)24(27(29)34)21-11-9-20(10-12-21)19-7-5-4-6-8-19/h4-14,23,25-26,28,33H,15H2,1-3H3/t23-,25-,26-,28-/m1/s1. The molecular weight excluding hydrogens is 494 g/mol. The number of benzene rings is 2. The average molecular weight is 522 g/mol. The lowest BCUT2D eigenvalue weighted by Crippen LogP contribution is -2.41. The van der Waals surface area contributed by atoms with Crippen LogP contribution in [0.3, 0.4) is 0 Å². The Morgan fingerprint density at radius 3 is 2.00 bits per heavy atom. The number of hydrogen-bond acceptors (Lipinski definition) is 9. The highest BCUT2D eigenvalue weighted by atomic mass is 16.7. The molecular formula is C28H27NO9. The Bertz CT molecular complexity index is 1380. The van der Waals surface area contributed by atoms with Crippen LogP contribution in [-0.2, 0) is 33.3 Å². The van der Waals surface area contributed by atoms with E-state index >= 15 is 0 Å². The number of carbonyl (C=O) groups excluding carboxylic acids is 3. The van der Waals surface area contributed by atoms with Crippen molar-refractivity contribution in [2.45, 2.75) is 45.3 Å². The Balaban J connectivity index is 1.74. The van der Waals surface area contributed by atoms with Gasteiger partial charge < -0.3 is 24.1 Å². The molecule has 0 bridgehead atoms. The smallest absolute Gasteiger partial charge is 0.303 e. The molecule has 2 heterocycles. The molecule has 0 saturated carbocycles. The average Bonchev–Trinajstić information content (AvgIpc) is 3.19. The molecule has 1 aromatic heterocycles. The third kappa shape index (κ3) is 5.76. The van der Waals surface area contributed by atoms with Crippen LogP contribution in [0.25, 0.3) is 22.3 Å². The lowest BCUT2D eigenvalue weighted by molar-refractivity contribution is -0.166. The minimum Gasteiger partial charge on any atom is -0.507 e. The molecule has 10 nitrogen and oxygen atoms in total. The summed E-state index contributed by atoms with van der Waals surface area (Å²) in [6, 6.07) is 18.1. The molecule has 38 heavy (non-hydrogen) atoms. The van der Waals surface area contributed by atoms with Gasteiger partial charge in [0.1, 0.15) is 18.5 Å². The molecule has 0 amide bonds. The first-order valence-corrected chi connectivity index (χ1v) is 11.9. The van der Waals surface area contributed by atoms with E-state index in [9.17, 15) is 24.3 Å². The van der Waals surface area contributed by atoms with Crippen LogP contribution in [0.1, 0.15) is 27.0 Å². The van der Waals surface area contributed by atoms with Gasteiger partial charge in [-0.15, -0.1) is 0 Å². The fourth-order valence-corrected chi connectivity index (χ4v) is 4.39. The predicted molar refractivity (Wildman–Crippen MR) is 135 cm³/mol. The van der Waals surface area contributed by atoms with E-state index in [1.807, 2.05) is 42.5 Å². The summed E-state index contributed by atoms with van der Waals surface area (Å²) in [6.07, 6.45) is -3.35. The molecule has 4 rings (SSSR count). The summed E-state index contributed by atoms with van der Waals surface area (Å²) < 4.78 is 22.9. The minimum atomic E-state index is -1.24.